The minimum absolute atomic E-state index is 0.298. The molecule has 0 heterocycles. The summed E-state index contributed by atoms with van der Waals surface area (Å²) >= 11 is 15.2. The summed E-state index contributed by atoms with van der Waals surface area (Å²) in [6.07, 6.45) is -0.559. The first kappa shape index (κ1) is 13.8. The highest BCUT2D eigenvalue weighted by molar-refractivity contribution is 9.10. The quantitative estimate of drug-likeness (QED) is 0.919. The topological polar surface area (TPSA) is 38.3 Å². The molecule has 0 saturated carbocycles. The van der Waals surface area contributed by atoms with Crippen molar-refractivity contribution in [1.82, 2.24) is 0 Å². The van der Waals surface area contributed by atoms with Gasteiger partial charge in [0.25, 0.3) is 5.91 Å². The Morgan fingerprint density at radius 2 is 1.94 bits per heavy atom. The highest BCUT2D eigenvalue weighted by Gasteiger charge is 2.15. The molecule has 0 spiro atoms. The molecule has 6 heteroatoms. The van der Waals surface area contributed by atoms with E-state index in [-0.39, 0.29) is 5.91 Å². The Morgan fingerprint density at radius 1 is 1.44 bits per heavy atom. The van der Waals surface area contributed by atoms with Crippen LogP contribution in [0.25, 0.3) is 0 Å². The van der Waals surface area contributed by atoms with Gasteiger partial charge in [-0.25, -0.2) is 0 Å². The molecule has 16 heavy (non-hydrogen) atoms. The minimum Gasteiger partial charge on any atom is -0.372 e. The molecule has 0 aliphatic carbocycles. The van der Waals surface area contributed by atoms with Gasteiger partial charge >= 0.3 is 0 Å². The monoisotopic (exact) mass is 325 g/mol. The Labute approximate surface area is 112 Å². The lowest BCUT2D eigenvalue weighted by Crippen LogP contribution is -2.26. The van der Waals surface area contributed by atoms with Gasteiger partial charge in [-0.3, -0.25) is 4.79 Å². The molecular weight excluding hydrogens is 317 g/mol. The number of methoxy groups -OCH3 is 1. The summed E-state index contributed by atoms with van der Waals surface area (Å²) in [6, 6.07) is 3.31. The maximum atomic E-state index is 11.6. The van der Waals surface area contributed by atoms with E-state index in [2.05, 4.69) is 21.2 Å². The summed E-state index contributed by atoms with van der Waals surface area (Å²) in [5.41, 5.74) is 0.389. The molecule has 1 rings (SSSR count). The SMILES string of the molecule is COC(C)C(=O)Nc1c(Cl)cc(Br)cc1Cl. The number of halogens is 3. The van der Waals surface area contributed by atoms with Gasteiger partial charge in [0.15, 0.2) is 0 Å². The van der Waals surface area contributed by atoms with E-state index in [0.29, 0.717) is 15.7 Å². The Hall–Kier alpha value is -0.290. The fourth-order valence-electron chi connectivity index (χ4n) is 0.993. The highest BCUT2D eigenvalue weighted by Crippen LogP contribution is 2.33. The van der Waals surface area contributed by atoms with Crippen LogP contribution in [0.15, 0.2) is 16.6 Å². The molecule has 0 aliphatic rings. The number of amides is 1. The number of carbonyl (C=O) groups is 1. The van der Waals surface area contributed by atoms with Gasteiger partial charge in [-0.15, -0.1) is 0 Å². The van der Waals surface area contributed by atoms with Gasteiger partial charge in [0, 0.05) is 11.6 Å². The number of hydrogen-bond donors (Lipinski definition) is 1. The number of carbonyl (C=O) groups excluding carboxylic acids is 1. The van der Waals surface area contributed by atoms with Crippen molar-refractivity contribution < 1.29 is 9.53 Å². The number of benzene rings is 1. The van der Waals surface area contributed by atoms with E-state index in [0.717, 1.165) is 4.47 Å². The van der Waals surface area contributed by atoms with E-state index in [1.165, 1.54) is 7.11 Å². The van der Waals surface area contributed by atoms with Crippen LogP contribution in [0.3, 0.4) is 0 Å². The van der Waals surface area contributed by atoms with E-state index >= 15 is 0 Å². The van der Waals surface area contributed by atoms with Crippen LogP contribution < -0.4 is 5.32 Å². The van der Waals surface area contributed by atoms with Crippen molar-refractivity contribution in [2.45, 2.75) is 13.0 Å². The zero-order valence-corrected chi connectivity index (χ0v) is 11.8. The number of nitrogens with one attached hydrogen (secondary N) is 1. The molecule has 3 nitrogen and oxygen atoms in total. The molecule has 1 aromatic carbocycles. The van der Waals surface area contributed by atoms with Crippen molar-refractivity contribution >= 4 is 50.7 Å². The molecule has 1 unspecified atom stereocenters. The Kier molecular flexibility index (Phi) is 5.05. The Bertz CT molecular complexity index is 389. The molecule has 1 aromatic rings. The van der Waals surface area contributed by atoms with Crippen LogP contribution in [0.4, 0.5) is 5.69 Å². The molecule has 0 fully saturated rings. The fraction of sp³-hybridized carbons (Fsp3) is 0.300. The van der Waals surface area contributed by atoms with E-state index in [4.69, 9.17) is 27.9 Å². The van der Waals surface area contributed by atoms with Crippen molar-refractivity contribution in [2.75, 3.05) is 12.4 Å². The third-order valence-electron chi connectivity index (χ3n) is 1.98. The standard InChI is InChI=1S/C10H10BrCl2NO2/c1-5(16-2)10(15)14-9-7(12)3-6(11)4-8(9)13/h3-5H,1-2H3,(H,14,15). The van der Waals surface area contributed by atoms with Crippen LogP contribution in [0.5, 0.6) is 0 Å². The molecule has 1 atom stereocenters. The average molecular weight is 327 g/mol. The van der Waals surface area contributed by atoms with Gasteiger partial charge in [-0.1, -0.05) is 39.1 Å². The Balaban J connectivity index is 2.93. The number of ether oxygens (including phenoxy) is 1. The average Bonchev–Trinajstić information content (AvgIpc) is 2.21. The zero-order valence-electron chi connectivity index (χ0n) is 8.68. The summed E-state index contributed by atoms with van der Waals surface area (Å²) < 4.78 is 5.63. The molecule has 0 aromatic heterocycles. The van der Waals surface area contributed by atoms with E-state index in [1.54, 1.807) is 19.1 Å². The van der Waals surface area contributed by atoms with E-state index in [1.807, 2.05) is 0 Å². The molecule has 1 N–H and O–H groups in total. The van der Waals surface area contributed by atoms with Gasteiger partial charge in [-0.2, -0.15) is 0 Å². The van der Waals surface area contributed by atoms with Gasteiger partial charge in [0.1, 0.15) is 6.10 Å². The lowest BCUT2D eigenvalue weighted by molar-refractivity contribution is -0.124. The van der Waals surface area contributed by atoms with Gasteiger partial charge in [-0.05, 0) is 19.1 Å². The first-order valence-electron chi connectivity index (χ1n) is 4.44. The lowest BCUT2D eigenvalue weighted by Gasteiger charge is -2.13. The summed E-state index contributed by atoms with van der Waals surface area (Å²) in [5, 5.41) is 3.35. The molecule has 0 radical (unpaired) electrons. The summed E-state index contributed by atoms with van der Waals surface area (Å²) in [5.74, 6) is -0.298. The van der Waals surface area contributed by atoms with Crippen molar-refractivity contribution in [1.29, 1.82) is 0 Å². The molecule has 1 amide bonds. The van der Waals surface area contributed by atoms with Crippen LogP contribution in [0.2, 0.25) is 10.0 Å². The third kappa shape index (κ3) is 3.35. The van der Waals surface area contributed by atoms with Gasteiger partial charge < -0.3 is 10.1 Å². The summed E-state index contributed by atoms with van der Waals surface area (Å²) in [7, 11) is 1.45. The summed E-state index contributed by atoms with van der Waals surface area (Å²) in [6.45, 7) is 1.63. The largest absolute Gasteiger partial charge is 0.372 e. The zero-order chi connectivity index (χ0) is 12.3. The van der Waals surface area contributed by atoms with Crippen molar-refractivity contribution in [3.63, 3.8) is 0 Å². The van der Waals surface area contributed by atoms with Crippen LogP contribution in [-0.2, 0) is 9.53 Å². The lowest BCUT2D eigenvalue weighted by atomic mass is 10.3. The number of hydrogen-bond acceptors (Lipinski definition) is 2. The van der Waals surface area contributed by atoms with Crippen LogP contribution >= 0.6 is 39.1 Å². The highest BCUT2D eigenvalue weighted by atomic mass is 79.9. The van der Waals surface area contributed by atoms with Crippen LogP contribution in [0, 0.1) is 0 Å². The third-order valence-corrected chi connectivity index (χ3v) is 3.03. The predicted octanol–water partition coefficient (Wildman–Crippen LogP) is 3.73. The van der Waals surface area contributed by atoms with Crippen LogP contribution in [0.1, 0.15) is 6.92 Å². The molecular formula is C10H10BrCl2NO2. The fourth-order valence-corrected chi connectivity index (χ4v) is 2.30. The smallest absolute Gasteiger partial charge is 0.253 e. The van der Waals surface area contributed by atoms with Crippen molar-refractivity contribution in [2.24, 2.45) is 0 Å². The van der Waals surface area contributed by atoms with Crippen molar-refractivity contribution in [3.05, 3.63) is 26.7 Å². The molecule has 88 valence electrons. The summed E-state index contributed by atoms with van der Waals surface area (Å²) in [4.78, 5) is 11.6. The molecule has 0 bridgehead atoms. The minimum atomic E-state index is -0.559. The number of rotatable bonds is 3. The number of anilines is 1. The first-order valence-corrected chi connectivity index (χ1v) is 5.98. The van der Waals surface area contributed by atoms with E-state index in [9.17, 15) is 4.79 Å². The molecule has 0 aliphatic heterocycles. The van der Waals surface area contributed by atoms with E-state index < -0.39 is 6.10 Å². The van der Waals surface area contributed by atoms with Crippen LogP contribution in [-0.4, -0.2) is 19.1 Å². The predicted molar refractivity (Wildman–Crippen MR) is 69.3 cm³/mol. The molecule has 0 saturated heterocycles. The maximum Gasteiger partial charge on any atom is 0.253 e. The Morgan fingerprint density at radius 3 is 2.38 bits per heavy atom. The second-order valence-electron chi connectivity index (χ2n) is 3.11. The second kappa shape index (κ2) is 5.87. The second-order valence-corrected chi connectivity index (χ2v) is 4.84. The normalized spacial score (nSPS) is 12.3. The first-order chi connectivity index (χ1) is 7.45. The van der Waals surface area contributed by atoms with Crippen molar-refractivity contribution in [3.8, 4) is 0 Å². The maximum absolute atomic E-state index is 11.6. The van der Waals surface area contributed by atoms with Gasteiger partial charge in [0.05, 0.1) is 15.7 Å². The van der Waals surface area contributed by atoms with Gasteiger partial charge in [0.2, 0.25) is 0 Å².